The number of amides is 1. The molecule has 0 bridgehead atoms. The molecule has 1 amide bonds. The zero-order valence-electron chi connectivity index (χ0n) is 14.5. The van der Waals surface area contributed by atoms with Gasteiger partial charge in [-0.3, -0.25) is 4.79 Å². The summed E-state index contributed by atoms with van der Waals surface area (Å²) in [5.74, 6) is 0.625. The summed E-state index contributed by atoms with van der Waals surface area (Å²) in [6, 6.07) is 13.5. The minimum Gasteiger partial charge on any atom is -0.491 e. The van der Waals surface area contributed by atoms with Crippen LogP contribution in [0.1, 0.15) is 53.9 Å². The molecule has 1 N–H and O–H groups in total. The molecule has 0 saturated heterocycles. The van der Waals surface area contributed by atoms with E-state index in [-0.39, 0.29) is 18.1 Å². The van der Waals surface area contributed by atoms with Crippen molar-refractivity contribution in [2.75, 3.05) is 0 Å². The van der Waals surface area contributed by atoms with Crippen LogP contribution in [0.2, 0.25) is 0 Å². The second-order valence-corrected chi connectivity index (χ2v) is 6.25. The number of carbonyl (C=O) groups is 1. The van der Waals surface area contributed by atoms with Gasteiger partial charge in [0.15, 0.2) is 0 Å². The molecule has 0 saturated carbocycles. The summed E-state index contributed by atoms with van der Waals surface area (Å²) in [7, 11) is 0. The molecule has 0 heterocycles. The van der Waals surface area contributed by atoms with E-state index in [1.165, 1.54) is 11.1 Å². The highest BCUT2D eigenvalue weighted by Gasteiger charge is 2.14. The molecule has 0 radical (unpaired) electrons. The van der Waals surface area contributed by atoms with Crippen LogP contribution in [0.5, 0.6) is 5.75 Å². The lowest BCUT2D eigenvalue weighted by Crippen LogP contribution is -2.27. The van der Waals surface area contributed by atoms with Gasteiger partial charge in [0.2, 0.25) is 0 Å². The van der Waals surface area contributed by atoms with Crippen molar-refractivity contribution in [1.82, 2.24) is 5.32 Å². The van der Waals surface area contributed by atoms with Crippen LogP contribution in [0.3, 0.4) is 0 Å². The van der Waals surface area contributed by atoms with Gasteiger partial charge in [0, 0.05) is 5.56 Å². The van der Waals surface area contributed by atoms with Crippen molar-refractivity contribution in [1.29, 1.82) is 0 Å². The highest BCUT2D eigenvalue weighted by atomic mass is 16.5. The van der Waals surface area contributed by atoms with E-state index in [0.29, 0.717) is 11.3 Å². The van der Waals surface area contributed by atoms with Crippen molar-refractivity contribution in [2.24, 2.45) is 0 Å². The molecule has 0 aliphatic heterocycles. The first-order valence-corrected chi connectivity index (χ1v) is 8.01. The van der Waals surface area contributed by atoms with Crippen molar-refractivity contribution in [3.63, 3.8) is 0 Å². The van der Waals surface area contributed by atoms with E-state index in [9.17, 15) is 4.79 Å². The molecule has 1 atom stereocenters. The molecule has 2 rings (SSSR count). The van der Waals surface area contributed by atoms with Gasteiger partial charge in [-0.2, -0.15) is 0 Å². The zero-order chi connectivity index (χ0) is 17.0. The number of nitrogens with one attached hydrogen (secondary N) is 1. The van der Waals surface area contributed by atoms with Gasteiger partial charge in [-0.25, -0.2) is 0 Å². The number of hydrogen-bond donors (Lipinski definition) is 1. The predicted octanol–water partition coefficient (Wildman–Crippen LogP) is 4.58. The Morgan fingerprint density at radius 2 is 1.78 bits per heavy atom. The topological polar surface area (TPSA) is 38.3 Å². The van der Waals surface area contributed by atoms with E-state index in [1.54, 1.807) is 12.1 Å². The van der Waals surface area contributed by atoms with Crippen LogP contribution in [0, 0.1) is 13.8 Å². The number of benzene rings is 2. The van der Waals surface area contributed by atoms with Gasteiger partial charge in [0.05, 0.1) is 12.1 Å². The summed E-state index contributed by atoms with van der Waals surface area (Å²) in [6.45, 7) is 10.1. The van der Waals surface area contributed by atoms with Crippen LogP contribution < -0.4 is 10.1 Å². The molecule has 2 aromatic rings. The summed E-state index contributed by atoms with van der Waals surface area (Å²) >= 11 is 0. The number of aryl methyl sites for hydroxylation is 2. The number of rotatable bonds is 5. The Morgan fingerprint density at radius 1 is 1.04 bits per heavy atom. The maximum atomic E-state index is 12.5. The van der Waals surface area contributed by atoms with Gasteiger partial charge in [-0.1, -0.05) is 29.8 Å². The van der Waals surface area contributed by atoms with Gasteiger partial charge < -0.3 is 10.1 Å². The van der Waals surface area contributed by atoms with E-state index in [0.717, 1.165) is 5.56 Å². The van der Waals surface area contributed by atoms with Crippen LogP contribution in [-0.2, 0) is 0 Å². The largest absolute Gasteiger partial charge is 0.491 e. The first-order chi connectivity index (χ1) is 10.9. The molecule has 3 nitrogen and oxygen atoms in total. The monoisotopic (exact) mass is 311 g/mol. The first kappa shape index (κ1) is 17.1. The Bertz CT molecular complexity index is 692. The highest BCUT2D eigenvalue weighted by molar-refractivity contribution is 5.94. The Balaban J connectivity index is 2.13. The van der Waals surface area contributed by atoms with E-state index in [1.807, 2.05) is 32.9 Å². The number of carbonyl (C=O) groups excluding carboxylic acids is 1. The van der Waals surface area contributed by atoms with E-state index in [2.05, 4.69) is 37.4 Å². The normalized spacial score (nSPS) is 12.1. The minimum absolute atomic E-state index is 0.0444. The Morgan fingerprint density at radius 3 is 2.48 bits per heavy atom. The van der Waals surface area contributed by atoms with Crippen molar-refractivity contribution < 1.29 is 9.53 Å². The van der Waals surface area contributed by atoms with Gasteiger partial charge in [0.25, 0.3) is 5.91 Å². The van der Waals surface area contributed by atoms with Gasteiger partial charge >= 0.3 is 0 Å². The van der Waals surface area contributed by atoms with Crippen molar-refractivity contribution in [3.05, 3.63) is 64.7 Å². The highest BCUT2D eigenvalue weighted by Crippen LogP contribution is 2.20. The average molecular weight is 311 g/mol. The zero-order valence-corrected chi connectivity index (χ0v) is 14.5. The third-order valence-corrected chi connectivity index (χ3v) is 3.72. The lowest BCUT2D eigenvalue weighted by Gasteiger charge is -2.18. The maximum absolute atomic E-state index is 12.5. The maximum Gasteiger partial charge on any atom is 0.251 e. The molecule has 0 unspecified atom stereocenters. The van der Waals surface area contributed by atoms with E-state index >= 15 is 0 Å². The third kappa shape index (κ3) is 4.59. The molecular formula is C20H25NO2. The fourth-order valence-electron chi connectivity index (χ4n) is 2.57. The molecule has 3 heteroatoms. The van der Waals surface area contributed by atoms with E-state index < -0.39 is 0 Å². The van der Waals surface area contributed by atoms with Gasteiger partial charge in [-0.15, -0.1) is 0 Å². The van der Waals surface area contributed by atoms with Gasteiger partial charge in [-0.05, 0) is 63.9 Å². The lowest BCUT2D eigenvalue weighted by atomic mass is 9.99. The molecule has 0 spiro atoms. The molecule has 0 aliphatic rings. The van der Waals surface area contributed by atoms with Crippen molar-refractivity contribution >= 4 is 5.91 Å². The molecular weight excluding hydrogens is 286 g/mol. The predicted molar refractivity (Wildman–Crippen MR) is 94.0 cm³/mol. The quantitative estimate of drug-likeness (QED) is 0.877. The fourth-order valence-corrected chi connectivity index (χ4v) is 2.57. The summed E-state index contributed by atoms with van der Waals surface area (Å²) in [5, 5.41) is 3.07. The Labute approximate surface area is 138 Å². The van der Waals surface area contributed by atoms with Crippen LogP contribution in [-0.4, -0.2) is 12.0 Å². The minimum atomic E-state index is -0.0902. The number of hydrogen-bond acceptors (Lipinski definition) is 2. The Hall–Kier alpha value is -2.29. The first-order valence-electron chi connectivity index (χ1n) is 8.01. The molecule has 0 fully saturated rings. The van der Waals surface area contributed by atoms with Crippen molar-refractivity contribution in [2.45, 2.75) is 46.8 Å². The molecule has 122 valence electrons. The SMILES string of the molecule is Cc1ccc(C)c([C@H](C)NC(=O)c2cccc(OC(C)C)c2)c1. The second-order valence-electron chi connectivity index (χ2n) is 6.25. The third-order valence-electron chi connectivity index (χ3n) is 3.72. The standard InChI is InChI=1S/C20H25NO2/c1-13(2)23-18-8-6-7-17(12-18)20(22)21-16(5)19-11-14(3)9-10-15(19)4/h6-13,16H,1-5H3,(H,21,22)/t16-/m0/s1. The van der Waals surface area contributed by atoms with Crippen LogP contribution in [0.4, 0.5) is 0 Å². The second kappa shape index (κ2) is 7.32. The van der Waals surface area contributed by atoms with Crippen LogP contribution in [0.15, 0.2) is 42.5 Å². The number of ether oxygens (including phenoxy) is 1. The molecule has 0 aromatic heterocycles. The van der Waals surface area contributed by atoms with Crippen LogP contribution >= 0.6 is 0 Å². The molecule has 23 heavy (non-hydrogen) atoms. The van der Waals surface area contributed by atoms with E-state index in [4.69, 9.17) is 4.74 Å². The average Bonchev–Trinajstić information content (AvgIpc) is 2.49. The summed E-state index contributed by atoms with van der Waals surface area (Å²) in [6.07, 6.45) is 0.0854. The summed E-state index contributed by atoms with van der Waals surface area (Å²) in [5.41, 5.74) is 4.13. The Kier molecular flexibility index (Phi) is 5.43. The fraction of sp³-hybridized carbons (Fsp3) is 0.350. The van der Waals surface area contributed by atoms with Gasteiger partial charge in [0.1, 0.15) is 5.75 Å². The van der Waals surface area contributed by atoms with Crippen LogP contribution in [0.25, 0.3) is 0 Å². The summed E-state index contributed by atoms with van der Waals surface area (Å²) in [4.78, 5) is 12.5. The summed E-state index contributed by atoms with van der Waals surface area (Å²) < 4.78 is 5.65. The lowest BCUT2D eigenvalue weighted by molar-refractivity contribution is 0.0939. The smallest absolute Gasteiger partial charge is 0.251 e. The molecule has 2 aromatic carbocycles. The van der Waals surface area contributed by atoms with Crippen molar-refractivity contribution in [3.8, 4) is 5.75 Å². The molecule has 0 aliphatic carbocycles.